The van der Waals surface area contributed by atoms with Crippen molar-refractivity contribution in [2.24, 2.45) is 18.5 Å². The van der Waals surface area contributed by atoms with Crippen LogP contribution in [0.25, 0.3) is 0 Å². The largest absolute Gasteiger partial charge is 0.370 e. The summed E-state index contributed by atoms with van der Waals surface area (Å²) in [6, 6.07) is -0.403. The van der Waals surface area contributed by atoms with Gasteiger partial charge in [-0.15, -0.1) is 0 Å². The molecular formula is C7H11BrN4O. The van der Waals surface area contributed by atoms with Crippen LogP contribution in [0.4, 0.5) is 0 Å². The Morgan fingerprint density at radius 2 is 2.46 bits per heavy atom. The predicted octanol–water partition coefficient (Wildman–Crippen LogP) is 0.0578. The zero-order chi connectivity index (χ0) is 10.0. The third-order valence-electron chi connectivity index (χ3n) is 1.71. The van der Waals surface area contributed by atoms with Crippen LogP contribution in [0, 0.1) is 0 Å². The zero-order valence-electron chi connectivity index (χ0n) is 7.20. The Morgan fingerprint density at radius 1 is 1.85 bits per heavy atom. The first-order chi connectivity index (χ1) is 6.02. The van der Waals surface area contributed by atoms with E-state index in [1.54, 1.807) is 17.9 Å². The lowest BCUT2D eigenvalue weighted by Gasteiger charge is -2.10. The van der Waals surface area contributed by atoms with Crippen LogP contribution in [0.5, 0.6) is 0 Å². The quantitative estimate of drug-likeness (QED) is 0.791. The lowest BCUT2D eigenvalue weighted by atomic mass is 10.1. The lowest BCUT2D eigenvalue weighted by Crippen LogP contribution is -2.22. The van der Waals surface area contributed by atoms with Gasteiger partial charge in [0.25, 0.3) is 0 Å². The first-order valence-corrected chi connectivity index (χ1v) is 4.53. The second-order valence-corrected chi connectivity index (χ2v) is 3.63. The molecule has 72 valence electrons. The van der Waals surface area contributed by atoms with Crippen LogP contribution in [-0.2, 0) is 11.8 Å². The van der Waals surface area contributed by atoms with Gasteiger partial charge < -0.3 is 11.5 Å². The average molecular weight is 247 g/mol. The maximum absolute atomic E-state index is 10.6. The monoisotopic (exact) mass is 246 g/mol. The minimum absolute atomic E-state index is 0.123. The molecule has 13 heavy (non-hydrogen) atoms. The number of aryl methyl sites for hydroxylation is 1. The van der Waals surface area contributed by atoms with Crippen molar-refractivity contribution in [3.63, 3.8) is 0 Å². The number of hydrogen-bond donors (Lipinski definition) is 2. The summed E-state index contributed by atoms with van der Waals surface area (Å²) < 4.78 is 2.42. The number of carbonyl (C=O) groups excluding carboxylic acids is 1. The summed E-state index contributed by atoms with van der Waals surface area (Å²) >= 11 is 3.29. The fourth-order valence-corrected chi connectivity index (χ4v) is 1.79. The van der Waals surface area contributed by atoms with Crippen LogP contribution in [-0.4, -0.2) is 15.7 Å². The summed E-state index contributed by atoms with van der Waals surface area (Å²) in [5.41, 5.74) is 11.6. The van der Waals surface area contributed by atoms with E-state index in [1.165, 1.54) is 0 Å². The molecule has 1 aromatic heterocycles. The molecule has 1 amide bonds. The Labute approximate surface area is 84.2 Å². The molecule has 0 spiro atoms. The minimum atomic E-state index is -0.416. The van der Waals surface area contributed by atoms with Crippen molar-refractivity contribution in [2.75, 3.05) is 0 Å². The average Bonchev–Trinajstić information content (AvgIpc) is 2.29. The van der Waals surface area contributed by atoms with Gasteiger partial charge in [-0.2, -0.15) is 5.10 Å². The summed E-state index contributed by atoms with van der Waals surface area (Å²) in [5, 5.41) is 3.98. The topological polar surface area (TPSA) is 86.9 Å². The highest BCUT2D eigenvalue weighted by molar-refractivity contribution is 9.10. The second-order valence-electron chi connectivity index (χ2n) is 2.78. The van der Waals surface area contributed by atoms with Crippen molar-refractivity contribution < 1.29 is 4.79 Å². The number of halogens is 1. The molecule has 1 heterocycles. The number of hydrogen-bond acceptors (Lipinski definition) is 3. The summed E-state index contributed by atoms with van der Waals surface area (Å²) in [4.78, 5) is 10.6. The molecule has 0 saturated carbocycles. The molecule has 0 aliphatic carbocycles. The molecule has 6 heteroatoms. The molecule has 0 radical (unpaired) electrons. The lowest BCUT2D eigenvalue weighted by molar-refractivity contribution is -0.118. The van der Waals surface area contributed by atoms with Gasteiger partial charge in [0, 0.05) is 13.5 Å². The molecule has 0 aliphatic heterocycles. The van der Waals surface area contributed by atoms with Gasteiger partial charge >= 0.3 is 0 Å². The van der Waals surface area contributed by atoms with Gasteiger partial charge in [-0.05, 0) is 15.9 Å². The fraction of sp³-hybridized carbons (Fsp3) is 0.429. The molecule has 0 unspecified atom stereocenters. The summed E-state index contributed by atoms with van der Waals surface area (Å²) in [6.45, 7) is 0. The number of nitrogens with zero attached hydrogens (tertiary/aromatic N) is 2. The SMILES string of the molecule is Cn1ncc(Br)c1[C@H](N)CC(N)=O. The molecule has 0 aromatic carbocycles. The molecule has 0 saturated heterocycles. The third-order valence-corrected chi connectivity index (χ3v) is 2.32. The van der Waals surface area contributed by atoms with E-state index >= 15 is 0 Å². The number of rotatable bonds is 3. The van der Waals surface area contributed by atoms with E-state index in [4.69, 9.17) is 11.5 Å². The molecule has 1 rings (SSSR count). The van der Waals surface area contributed by atoms with Gasteiger partial charge in [-0.25, -0.2) is 0 Å². The molecule has 0 fully saturated rings. The standard InChI is InChI=1S/C7H11BrN4O/c1-12-7(4(8)3-11-12)5(9)2-6(10)13/h3,5H,2,9H2,1H3,(H2,10,13)/t5-/m1/s1. The van der Waals surface area contributed by atoms with Gasteiger partial charge in [0.05, 0.1) is 22.4 Å². The van der Waals surface area contributed by atoms with Crippen molar-refractivity contribution in [3.8, 4) is 0 Å². The van der Waals surface area contributed by atoms with Crippen LogP contribution < -0.4 is 11.5 Å². The van der Waals surface area contributed by atoms with Crippen molar-refractivity contribution in [3.05, 3.63) is 16.4 Å². The summed E-state index contributed by atoms with van der Waals surface area (Å²) in [6.07, 6.45) is 1.76. The zero-order valence-corrected chi connectivity index (χ0v) is 8.78. The molecule has 5 nitrogen and oxygen atoms in total. The van der Waals surface area contributed by atoms with Crippen molar-refractivity contribution in [1.29, 1.82) is 0 Å². The van der Waals surface area contributed by atoms with Crippen LogP contribution in [0.2, 0.25) is 0 Å². The van der Waals surface area contributed by atoms with Crippen LogP contribution in [0.15, 0.2) is 10.7 Å². The van der Waals surface area contributed by atoms with Crippen LogP contribution in [0.3, 0.4) is 0 Å². The maximum Gasteiger partial charge on any atom is 0.219 e. The number of aromatic nitrogens is 2. The van der Waals surface area contributed by atoms with E-state index in [0.717, 1.165) is 10.2 Å². The minimum Gasteiger partial charge on any atom is -0.370 e. The first-order valence-electron chi connectivity index (χ1n) is 3.73. The van der Waals surface area contributed by atoms with Crippen LogP contribution >= 0.6 is 15.9 Å². The fourth-order valence-electron chi connectivity index (χ4n) is 1.15. The van der Waals surface area contributed by atoms with E-state index in [1.807, 2.05) is 0 Å². The second kappa shape index (κ2) is 3.89. The van der Waals surface area contributed by atoms with E-state index < -0.39 is 11.9 Å². The number of carbonyl (C=O) groups is 1. The van der Waals surface area contributed by atoms with Crippen molar-refractivity contribution >= 4 is 21.8 Å². The molecular weight excluding hydrogens is 236 g/mol. The van der Waals surface area contributed by atoms with E-state index in [0.29, 0.717) is 0 Å². The number of nitrogens with two attached hydrogens (primary N) is 2. The van der Waals surface area contributed by atoms with Gasteiger partial charge in [0.15, 0.2) is 0 Å². The molecule has 4 N–H and O–H groups in total. The highest BCUT2D eigenvalue weighted by atomic mass is 79.9. The summed E-state index contributed by atoms with van der Waals surface area (Å²) in [5.74, 6) is -0.416. The van der Waals surface area contributed by atoms with E-state index in [2.05, 4.69) is 21.0 Å². The predicted molar refractivity (Wildman–Crippen MR) is 51.6 cm³/mol. The summed E-state index contributed by atoms with van der Waals surface area (Å²) in [7, 11) is 1.76. The molecule has 0 bridgehead atoms. The maximum atomic E-state index is 10.6. The van der Waals surface area contributed by atoms with Gasteiger partial charge in [0.2, 0.25) is 5.91 Å². The Morgan fingerprint density at radius 3 is 2.85 bits per heavy atom. The van der Waals surface area contributed by atoms with Gasteiger partial charge in [0.1, 0.15) is 0 Å². The number of primary amides is 1. The third kappa shape index (κ3) is 2.28. The Hall–Kier alpha value is -0.880. The van der Waals surface area contributed by atoms with E-state index in [-0.39, 0.29) is 6.42 Å². The first kappa shape index (κ1) is 10.2. The van der Waals surface area contributed by atoms with Crippen LogP contribution in [0.1, 0.15) is 18.2 Å². The van der Waals surface area contributed by atoms with Gasteiger partial charge in [-0.1, -0.05) is 0 Å². The normalized spacial score (nSPS) is 12.8. The molecule has 0 aliphatic rings. The molecule has 1 aromatic rings. The van der Waals surface area contributed by atoms with E-state index in [9.17, 15) is 4.79 Å². The van der Waals surface area contributed by atoms with Crippen molar-refractivity contribution in [1.82, 2.24) is 9.78 Å². The Kier molecular flexibility index (Phi) is 3.05. The Balaban J connectivity index is 2.87. The highest BCUT2D eigenvalue weighted by Crippen LogP contribution is 2.22. The smallest absolute Gasteiger partial charge is 0.219 e. The molecule has 1 atom stereocenters. The Bertz CT molecular complexity index is 303. The highest BCUT2D eigenvalue weighted by Gasteiger charge is 2.16. The number of amides is 1. The van der Waals surface area contributed by atoms with Gasteiger partial charge in [-0.3, -0.25) is 9.48 Å². The van der Waals surface area contributed by atoms with Crippen molar-refractivity contribution in [2.45, 2.75) is 12.5 Å².